The molecular weight excluding hydrogens is 286 g/mol. The van der Waals surface area contributed by atoms with E-state index in [1.165, 1.54) is 6.92 Å². The number of nitrogens with one attached hydrogen (secondary N) is 2. The normalized spacial score (nSPS) is 11.8. The average molecular weight is 295 g/mol. The maximum absolute atomic E-state index is 13.1. The number of carbonyl (C=O) groups excluding carboxylic acids is 1. The van der Waals surface area contributed by atoms with Crippen molar-refractivity contribution in [1.29, 1.82) is 0 Å². The summed E-state index contributed by atoms with van der Waals surface area (Å²) in [7, 11) is 0. The van der Waals surface area contributed by atoms with Gasteiger partial charge in [-0.05, 0) is 19.1 Å². The average Bonchev–Trinajstić information content (AvgIpc) is 2.25. The number of anilines is 1. The van der Waals surface area contributed by atoms with Crippen molar-refractivity contribution in [3.05, 3.63) is 28.0 Å². The molecule has 1 atom stereocenters. The lowest BCUT2D eigenvalue weighted by molar-refractivity contribution is -0.138. The highest BCUT2D eigenvalue weighted by atomic mass is 35.5. The Kier molecular flexibility index (Phi) is 4.75. The predicted octanol–water partition coefficient (Wildman–Crippen LogP) is 2.73. The third-order valence-electron chi connectivity index (χ3n) is 1.96. The van der Waals surface area contributed by atoms with Crippen molar-refractivity contribution in [3.8, 4) is 0 Å². The van der Waals surface area contributed by atoms with E-state index in [4.69, 9.17) is 28.3 Å². The van der Waals surface area contributed by atoms with Crippen molar-refractivity contribution in [2.75, 3.05) is 5.32 Å². The Morgan fingerprint density at radius 2 is 1.83 bits per heavy atom. The molecule has 0 aliphatic rings. The summed E-state index contributed by atoms with van der Waals surface area (Å²) >= 11 is 11.1. The van der Waals surface area contributed by atoms with Crippen molar-refractivity contribution < 1.29 is 19.1 Å². The molecule has 0 spiro atoms. The third-order valence-corrected chi connectivity index (χ3v) is 2.51. The van der Waals surface area contributed by atoms with Gasteiger partial charge in [0.05, 0.1) is 10.0 Å². The van der Waals surface area contributed by atoms with Gasteiger partial charge in [0.1, 0.15) is 6.04 Å². The fourth-order valence-electron chi connectivity index (χ4n) is 1.05. The Labute approximate surface area is 112 Å². The standard InChI is InChI=1S/C10H9Cl2FN2O3/c1-4(9(16)17)14-10(18)15-5-2-6(11)8(13)7(12)3-5/h2-4H,1H3,(H,16,17)(H2,14,15,18). The lowest BCUT2D eigenvalue weighted by atomic mass is 10.3. The molecule has 0 saturated carbocycles. The molecule has 8 heteroatoms. The van der Waals surface area contributed by atoms with E-state index in [2.05, 4.69) is 10.6 Å². The number of hydrogen-bond acceptors (Lipinski definition) is 2. The predicted molar refractivity (Wildman–Crippen MR) is 65.7 cm³/mol. The summed E-state index contributed by atoms with van der Waals surface area (Å²) < 4.78 is 13.1. The first-order chi connectivity index (χ1) is 8.31. The minimum atomic E-state index is -1.18. The maximum atomic E-state index is 13.1. The molecule has 1 aromatic rings. The number of rotatable bonds is 3. The van der Waals surface area contributed by atoms with E-state index in [0.717, 1.165) is 12.1 Å². The van der Waals surface area contributed by atoms with Crippen LogP contribution in [-0.2, 0) is 4.79 Å². The minimum Gasteiger partial charge on any atom is -0.480 e. The van der Waals surface area contributed by atoms with Gasteiger partial charge in [0, 0.05) is 5.69 Å². The summed E-state index contributed by atoms with van der Waals surface area (Å²) in [4.78, 5) is 21.9. The fraction of sp³-hybridized carbons (Fsp3) is 0.200. The van der Waals surface area contributed by atoms with Crippen LogP contribution in [0.25, 0.3) is 0 Å². The monoisotopic (exact) mass is 294 g/mol. The van der Waals surface area contributed by atoms with Crippen molar-refractivity contribution >= 4 is 40.9 Å². The van der Waals surface area contributed by atoms with Crippen molar-refractivity contribution in [3.63, 3.8) is 0 Å². The van der Waals surface area contributed by atoms with Crippen LogP contribution < -0.4 is 10.6 Å². The lowest BCUT2D eigenvalue weighted by Gasteiger charge is -2.11. The molecule has 1 rings (SSSR count). The van der Waals surface area contributed by atoms with Crippen LogP contribution in [-0.4, -0.2) is 23.1 Å². The van der Waals surface area contributed by atoms with Crippen LogP contribution in [0.5, 0.6) is 0 Å². The zero-order valence-corrected chi connectivity index (χ0v) is 10.6. The van der Waals surface area contributed by atoms with Gasteiger partial charge < -0.3 is 15.7 Å². The highest BCUT2D eigenvalue weighted by Gasteiger charge is 2.15. The maximum Gasteiger partial charge on any atom is 0.325 e. The number of urea groups is 1. The first-order valence-corrected chi connectivity index (χ1v) is 5.51. The van der Waals surface area contributed by atoms with Gasteiger partial charge >= 0.3 is 12.0 Å². The van der Waals surface area contributed by atoms with Gasteiger partial charge in [-0.3, -0.25) is 4.79 Å². The summed E-state index contributed by atoms with van der Waals surface area (Å²) in [5, 5.41) is 12.5. The van der Waals surface area contributed by atoms with Crippen LogP contribution >= 0.6 is 23.2 Å². The van der Waals surface area contributed by atoms with Gasteiger partial charge in [-0.15, -0.1) is 0 Å². The summed E-state index contributed by atoms with van der Waals surface area (Å²) in [5.74, 6) is -1.97. The second-order valence-electron chi connectivity index (χ2n) is 3.41. The van der Waals surface area contributed by atoms with Gasteiger partial charge in [-0.25, -0.2) is 9.18 Å². The molecule has 0 aliphatic heterocycles. The number of hydrogen-bond donors (Lipinski definition) is 3. The van der Waals surface area contributed by atoms with E-state index < -0.39 is 23.9 Å². The van der Waals surface area contributed by atoms with Crippen molar-refractivity contribution in [1.82, 2.24) is 5.32 Å². The minimum absolute atomic E-state index is 0.154. The fourth-order valence-corrected chi connectivity index (χ4v) is 1.54. The number of amides is 2. The zero-order valence-electron chi connectivity index (χ0n) is 9.13. The number of carbonyl (C=O) groups is 2. The van der Waals surface area contributed by atoms with E-state index in [-0.39, 0.29) is 15.7 Å². The molecule has 0 aliphatic carbocycles. The van der Waals surface area contributed by atoms with Crippen LogP contribution in [0.1, 0.15) is 6.92 Å². The van der Waals surface area contributed by atoms with E-state index in [9.17, 15) is 14.0 Å². The second kappa shape index (κ2) is 5.88. The number of carboxylic acid groups (broad SMARTS) is 1. The summed E-state index contributed by atoms with van der Waals surface area (Å²) in [6.45, 7) is 1.30. The first kappa shape index (κ1) is 14.5. The second-order valence-corrected chi connectivity index (χ2v) is 4.23. The Bertz CT molecular complexity index is 473. The Balaban J connectivity index is 2.74. The van der Waals surface area contributed by atoms with Gasteiger partial charge in [0.25, 0.3) is 0 Å². The van der Waals surface area contributed by atoms with Crippen LogP contribution in [0, 0.1) is 5.82 Å². The molecule has 0 bridgehead atoms. The summed E-state index contributed by atoms with van der Waals surface area (Å²) in [5.41, 5.74) is 0.154. The molecule has 0 fully saturated rings. The molecular formula is C10H9Cl2FN2O3. The molecule has 1 unspecified atom stereocenters. The first-order valence-electron chi connectivity index (χ1n) is 4.76. The highest BCUT2D eigenvalue weighted by molar-refractivity contribution is 6.35. The molecule has 3 N–H and O–H groups in total. The molecule has 1 aromatic carbocycles. The van der Waals surface area contributed by atoms with Crippen LogP contribution in [0.4, 0.5) is 14.9 Å². The van der Waals surface area contributed by atoms with Crippen LogP contribution in [0.2, 0.25) is 10.0 Å². The Morgan fingerprint density at radius 1 is 1.33 bits per heavy atom. The van der Waals surface area contributed by atoms with E-state index >= 15 is 0 Å². The largest absolute Gasteiger partial charge is 0.480 e. The van der Waals surface area contributed by atoms with E-state index in [1.54, 1.807) is 0 Å². The lowest BCUT2D eigenvalue weighted by Crippen LogP contribution is -2.40. The van der Waals surface area contributed by atoms with E-state index in [1.807, 2.05) is 0 Å². The molecule has 98 valence electrons. The topological polar surface area (TPSA) is 78.4 Å². The summed E-state index contributed by atoms with van der Waals surface area (Å²) in [6, 6.07) is 0.502. The number of carboxylic acids is 1. The molecule has 2 amide bonds. The Morgan fingerprint density at radius 3 is 2.28 bits per heavy atom. The van der Waals surface area contributed by atoms with Gasteiger partial charge in [0.15, 0.2) is 5.82 Å². The van der Waals surface area contributed by atoms with Gasteiger partial charge in [-0.1, -0.05) is 23.2 Å². The molecule has 18 heavy (non-hydrogen) atoms. The zero-order chi connectivity index (χ0) is 13.9. The number of halogens is 3. The molecule has 0 radical (unpaired) electrons. The smallest absolute Gasteiger partial charge is 0.325 e. The molecule has 0 aromatic heterocycles. The van der Waals surface area contributed by atoms with Crippen molar-refractivity contribution in [2.24, 2.45) is 0 Å². The summed E-state index contributed by atoms with van der Waals surface area (Å²) in [6.07, 6.45) is 0. The quantitative estimate of drug-likeness (QED) is 0.750. The van der Waals surface area contributed by atoms with Gasteiger partial charge in [0.2, 0.25) is 0 Å². The molecule has 5 nitrogen and oxygen atoms in total. The van der Waals surface area contributed by atoms with E-state index in [0.29, 0.717) is 0 Å². The molecule has 0 saturated heterocycles. The third kappa shape index (κ3) is 3.75. The highest BCUT2D eigenvalue weighted by Crippen LogP contribution is 2.27. The number of benzene rings is 1. The SMILES string of the molecule is CC(NC(=O)Nc1cc(Cl)c(F)c(Cl)c1)C(=O)O. The molecule has 0 heterocycles. The van der Waals surface area contributed by atoms with Crippen LogP contribution in [0.15, 0.2) is 12.1 Å². The number of aliphatic carboxylic acids is 1. The van der Waals surface area contributed by atoms with Crippen LogP contribution in [0.3, 0.4) is 0 Å². The van der Waals surface area contributed by atoms with Gasteiger partial charge in [-0.2, -0.15) is 0 Å². The van der Waals surface area contributed by atoms with Crippen molar-refractivity contribution in [2.45, 2.75) is 13.0 Å². The Hall–Kier alpha value is -1.53.